The van der Waals surface area contributed by atoms with Crippen LogP contribution in [0.25, 0.3) is 0 Å². The van der Waals surface area contributed by atoms with Gasteiger partial charge in [0.15, 0.2) is 5.96 Å². The van der Waals surface area contributed by atoms with E-state index in [9.17, 15) is 4.79 Å². The lowest BCUT2D eigenvalue weighted by atomic mass is 9.95. The highest BCUT2D eigenvalue weighted by Gasteiger charge is 2.27. The van der Waals surface area contributed by atoms with E-state index in [0.29, 0.717) is 5.92 Å². The Hall–Kier alpha value is -2.18. The molecule has 0 saturated carbocycles. The molecule has 7 heteroatoms. The average Bonchev–Trinajstić information content (AvgIpc) is 3.12. The minimum absolute atomic E-state index is 0.199. The van der Waals surface area contributed by atoms with Gasteiger partial charge in [-0.1, -0.05) is 0 Å². The van der Waals surface area contributed by atoms with Crippen LogP contribution in [-0.2, 0) is 11.2 Å². The van der Waals surface area contributed by atoms with Crippen LogP contribution in [-0.4, -0.2) is 55.8 Å². The molecule has 0 spiro atoms. The van der Waals surface area contributed by atoms with Gasteiger partial charge in [-0.3, -0.25) is 4.99 Å². The molecule has 0 aliphatic carbocycles. The Bertz CT molecular complexity index is 593. The number of amides is 1. The third-order valence-corrected chi connectivity index (χ3v) is 4.48. The lowest BCUT2D eigenvalue weighted by Crippen LogP contribution is -2.44. The third-order valence-electron chi connectivity index (χ3n) is 4.48. The van der Waals surface area contributed by atoms with Crippen molar-refractivity contribution in [1.29, 1.82) is 0 Å². The molecule has 1 aromatic rings. The van der Waals surface area contributed by atoms with E-state index in [1.807, 2.05) is 37.8 Å². The number of hydrogen-bond donors (Lipinski definition) is 2. The Kier molecular flexibility index (Phi) is 8.00. The van der Waals surface area contributed by atoms with Crippen molar-refractivity contribution in [2.24, 2.45) is 10.9 Å². The van der Waals surface area contributed by atoms with Crippen LogP contribution in [0.1, 0.15) is 45.8 Å². The fourth-order valence-corrected chi connectivity index (χ4v) is 3.17. The van der Waals surface area contributed by atoms with Gasteiger partial charge in [0.1, 0.15) is 11.4 Å². The fraction of sp³-hybridized carbons (Fsp3) is 0.700. The molecule has 1 aliphatic heterocycles. The summed E-state index contributed by atoms with van der Waals surface area (Å²) in [6, 6.07) is 3.87. The number of aliphatic imine (C=N–C) groups is 1. The van der Waals surface area contributed by atoms with Gasteiger partial charge in [-0.05, 0) is 58.1 Å². The quantitative estimate of drug-likeness (QED) is 0.588. The van der Waals surface area contributed by atoms with Crippen LogP contribution in [0.15, 0.2) is 27.8 Å². The van der Waals surface area contributed by atoms with E-state index in [0.717, 1.165) is 63.6 Å². The molecule has 1 saturated heterocycles. The first kappa shape index (κ1) is 21.1. The molecule has 2 N–H and O–H groups in total. The number of nitrogens with one attached hydrogen (secondary N) is 2. The van der Waals surface area contributed by atoms with Crippen LogP contribution < -0.4 is 10.6 Å². The summed E-state index contributed by atoms with van der Waals surface area (Å²) in [5, 5.41) is 6.65. The summed E-state index contributed by atoms with van der Waals surface area (Å²) in [4.78, 5) is 18.4. The zero-order valence-electron chi connectivity index (χ0n) is 17.1. The number of carbonyl (C=O) groups is 1. The molecule has 1 aromatic heterocycles. The Morgan fingerprint density at radius 1 is 1.37 bits per heavy atom. The Morgan fingerprint density at radius 2 is 2.15 bits per heavy atom. The van der Waals surface area contributed by atoms with Crippen molar-refractivity contribution >= 4 is 12.1 Å². The van der Waals surface area contributed by atoms with Gasteiger partial charge in [0.25, 0.3) is 0 Å². The van der Waals surface area contributed by atoms with Crippen LogP contribution in [0.3, 0.4) is 0 Å². The first-order chi connectivity index (χ1) is 12.9. The van der Waals surface area contributed by atoms with Crippen LogP contribution in [0.2, 0.25) is 0 Å². The molecule has 1 amide bonds. The van der Waals surface area contributed by atoms with Crippen molar-refractivity contribution < 1.29 is 13.9 Å². The summed E-state index contributed by atoms with van der Waals surface area (Å²) in [7, 11) is 1.77. The van der Waals surface area contributed by atoms with Gasteiger partial charge in [0, 0.05) is 39.6 Å². The van der Waals surface area contributed by atoms with Gasteiger partial charge in [-0.15, -0.1) is 0 Å². The number of furan rings is 1. The predicted molar refractivity (Wildman–Crippen MR) is 107 cm³/mol. The van der Waals surface area contributed by atoms with E-state index in [1.54, 1.807) is 13.3 Å². The van der Waals surface area contributed by atoms with Gasteiger partial charge in [-0.2, -0.15) is 0 Å². The number of piperidine rings is 1. The number of likely N-dealkylation sites (tertiary alicyclic amines) is 1. The van der Waals surface area contributed by atoms with Crippen LogP contribution in [0.5, 0.6) is 0 Å². The summed E-state index contributed by atoms with van der Waals surface area (Å²) in [5.41, 5.74) is -0.445. The number of rotatable bonds is 6. The van der Waals surface area contributed by atoms with Gasteiger partial charge in [0.05, 0.1) is 6.26 Å². The SMILES string of the molecule is CN=C(NCCc1ccco1)NCCC1CCCN(C(=O)OC(C)(C)C)C1. The second-order valence-corrected chi connectivity index (χ2v) is 7.98. The molecule has 1 unspecified atom stereocenters. The van der Waals surface area contributed by atoms with E-state index in [1.165, 1.54) is 0 Å². The number of carbonyl (C=O) groups excluding carboxylic acids is 1. The van der Waals surface area contributed by atoms with Crippen molar-refractivity contribution in [2.45, 2.75) is 52.1 Å². The molecule has 1 aliphatic rings. The van der Waals surface area contributed by atoms with Gasteiger partial charge in [0.2, 0.25) is 0 Å². The molecule has 2 rings (SSSR count). The molecular formula is C20H34N4O3. The molecule has 1 atom stereocenters. The summed E-state index contributed by atoms with van der Waals surface area (Å²) >= 11 is 0. The van der Waals surface area contributed by atoms with Gasteiger partial charge >= 0.3 is 6.09 Å². The van der Waals surface area contributed by atoms with Crippen LogP contribution in [0.4, 0.5) is 4.79 Å². The normalized spacial score (nSPS) is 18.3. The van der Waals surface area contributed by atoms with Gasteiger partial charge < -0.3 is 24.7 Å². The highest BCUT2D eigenvalue weighted by Crippen LogP contribution is 2.21. The standard InChI is InChI=1S/C20H34N4O3/c1-20(2,3)27-19(25)24-13-5-7-16(15-24)9-11-22-18(21-4)23-12-10-17-8-6-14-26-17/h6,8,14,16H,5,7,9-13,15H2,1-4H3,(H2,21,22,23). The summed E-state index contributed by atoms with van der Waals surface area (Å²) in [6.07, 6.45) is 5.48. The van der Waals surface area contributed by atoms with E-state index < -0.39 is 5.60 Å². The summed E-state index contributed by atoms with van der Waals surface area (Å²) in [5.74, 6) is 2.24. The number of nitrogens with zero attached hydrogens (tertiary/aromatic N) is 2. The minimum Gasteiger partial charge on any atom is -0.469 e. The van der Waals surface area contributed by atoms with Crippen molar-refractivity contribution in [1.82, 2.24) is 15.5 Å². The average molecular weight is 379 g/mol. The Labute approximate surface area is 162 Å². The maximum Gasteiger partial charge on any atom is 0.410 e. The van der Waals surface area contributed by atoms with Gasteiger partial charge in [-0.25, -0.2) is 4.79 Å². The zero-order chi connectivity index (χ0) is 19.7. The maximum absolute atomic E-state index is 12.3. The second kappa shape index (κ2) is 10.2. The van der Waals surface area contributed by atoms with E-state index in [-0.39, 0.29) is 6.09 Å². The predicted octanol–water partition coefficient (Wildman–Crippen LogP) is 3.02. The number of ether oxygens (including phenoxy) is 1. The monoisotopic (exact) mass is 378 g/mol. The van der Waals surface area contributed by atoms with Crippen molar-refractivity contribution in [3.8, 4) is 0 Å². The smallest absolute Gasteiger partial charge is 0.410 e. The highest BCUT2D eigenvalue weighted by atomic mass is 16.6. The largest absolute Gasteiger partial charge is 0.469 e. The number of guanidine groups is 1. The second-order valence-electron chi connectivity index (χ2n) is 7.98. The molecule has 1 fully saturated rings. The summed E-state index contributed by atoms with van der Waals surface area (Å²) < 4.78 is 10.8. The molecule has 7 nitrogen and oxygen atoms in total. The van der Waals surface area contributed by atoms with Crippen LogP contribution >= 0.6 is 0 Å². The van der Waals surface area contributed by atoms with Crippen molar-refractivity contribution in [2.75, 3.05) is 33.2 Å². The Balaban J connectivity index is 1.66. The fourth-order valence-electron chi connectivity index (χ4n) is 3.17. The topological polar surface area (TPSA) is 79.1 Å². The summed E-state index contributed by atoms with van der Waals surface area (Å²) in [6.45, 7) is 8.86. The van der Waals surface area contributed by atoms with Crippen molar-refractivity contribution in [3.63, 3.8) is 0 Å². The van der Waals surface area contributed by atoms with Crippen LogP contribution in [0, 0.1) is 5.92 Å². The van der Waals surface area contributed by atoms with Crippen molar-refractivity contribution in [3.05, 3.63) is 24.2 Å². The lowest BCUT2D eigenvalue weighted by molar-refractivity contribution is 0.0162. The first-order valence-electron chi connectivity index (χ1n) is 9.82. The first-order valence-corrected chi connectivity index (χ1v) is 9.82. The zero-order valence-corrected chi connectivity index (χ0v) is 17.1. The number of hydrogen-bond acceptors (Lipinski definition) is 4. The molecule has 27 heavy (non-hydrogen) atoms. The molecule has 0 radical (unpaired) electrons. The molecular weight excluding hydrogens is 344 g/mol. The lowest BCUT2D eigenvalue weighted by Gasteiger charge is -2.34. The molecule has 0 bridgehead atoms. The Morgan fingerprint density at radius 3 is 2.81 bits per heavy atom. The highest BCUT2D eigenvalue weighted by molar-refractivity contribution is 5.79. The van der Waals surface area contributed by atoms with E-state index in [2.05, 4.69) is 15.6 Å². The molecule has 0 aromatic carbocycles. The minimum atomic E-state index is -0.445. The van der Waals surface area contributed by atoms with E-state index in [4.69, 9.17) is 9.15 Å². The van der Waals surface area contributed by atoms with E-state index >= 15 is 0 Å². The maximum atomic E-state index is 12.3. The molecule has 152 valence electrons. The third kappa shape index (κ3) is 7.93. The molecule has 2 heterocycles.